The van der Waals surface area contributed by atoms with E-state index in [9.17, 15) is 0 Å². The molecule has 1 fully saturated rings. The molecule has 0 aromatic carbocycles. The number of ether oxygens (including phenoxy) is 2. The molecule has 0 spiro atoms. The largest absolute Gasteiger partial charge is 0.493 e. The Hall–Kier alpha value is -1.25. The fourth-order valence-corrected chi connectivity index (χ4v) is 1.36. The van der Waals surface area contributed by atoms with Crippen molar-refractivity contribution in [2.24, 2.45) is 0 Å². The van der Waals surface area contributed by atoms with Crippen LogP contribution in [0.4, 0.5) is 0 Å². The molecular weight excluding hydrogens is 178 g/mol. The van der Waals surface area contributed by atoms with E-state index < -0.39 is 0 Å². The van der Waals surface area contributed by atoms with Crippen molar-refractivity contribution < 1.29 is 9.47 Å². The van der Waals surface area contributed by atoms with Gasteiger partial charge in [0.1, 0.15) is 0 Å². The maximum atomic E-state index is 5.78. The van der Waals surface area contributed by atoms with E-state index in [1.807, 2.05) is 6.07 Å². The molecule has 1 aliphatic carbocycles. The smallest absolute Gasteiger partial charge is 0.183 e. The fourth-order valence-electron chi connectivity index (χ4n) is 1.36. The Kier molecular flexibility index (Phi) is 2.57. The predicted molar refractivity (Wildman–Crippen MR) is 53.8 cm³/mol. The van der Waals surface area contributed by atoms with E-state index >= 15 is 0 Å². The second kappa shape index (κ2) is 3.86. The Morgan fingerprint density at radius 1 is 1.50 bits per heavy atom. The van der Waals surface area contributed by atoms with Crippen LogP contribution in [0.15, 0.2) is 12.3 Å². The molecule has 0 radical (unpaired) electrons. The molecule has 1 aliphatic rings. The molecule has 1 heterocycles. The van der Waals surface area contributed by atoms with Gasteiger partial charge in [-0.05, 0) is 19.3 Å². The normalized spacial score (nSPS) is 15.3. The number of aromatic nitrogens is 1. The Labute approximate surface area is 84.1 Å². The molecule has 3 nitrogen and oxygen atoms in total. The Morgan fingerprint density at radius 3 is 2.86 bits per heavy atom. The standard InChI is InChI=1S/C11H15NO2/c1-3-9-11(14-8-4-5-8)10(13-2)6-7-12-9/h6-8H,3-5H2,1-2H3. The molecule has 1 saturated carbocycles. The van der Waals surface area contributed by atoms with Gasteiger partial charge in [-0.2, -0.15) is 0 Å². The highest BCUT2D eigenvalue weighted by Crippen LogP contribution is 2.35. The van der Waals surface area contributed by atoms with E-state index in [1.54, 1.807) is 13.3 Å². The summed E-state index contributed by atoms with van der Waals surface area (Å²) in [4.78, 5) is 4.28. The second-order valence-corrected chi connectivity index (χ2v) is 3.46. The van der Waals surface area contributed by atoms with Crippen molar-refractivity contribution in [3.8, 4) is 11.5 Å². The van der Waals surface area contributed by atoms with Crippen molar-refractivity contribution in [2.45, 2.75) is 32.3 Å². The molecule has 0 unspecified atom stereocenters. The summed E-state index contributed by atoms with van der Waals surface area (Å²) < 4.78 is 11.0. The lowest BCUT2D eigenvalue weighted by Gasteiger charge is -2.12. The second-order valence-electron chi connectivity index (χ2n) is 3.46. The topological polar surface area (TPSA) is 31.4 Å². The van der Waals surface area contributed by atoms with Gasteiger partial charge in [-0.15, -0.1) is 0 Å². The third-order valence-corrected chi connectivity index (χ3v) is 2.31. The van der Waals surface area contributed by atoms with Crippen LogP contribution in [0.25, 0.3) is 0 Å². The van der Waals surface area contributed by atoms with Gasteiger partial charge in [0.15, 0.2) is 11.5 Å². The van der Waals surface area contributed by atoms with Crippen molar-refractivity contribution >= 4 is 0 Å². The average Bonchev–Trinajstić information content (AvgIpc) is 3.02. The molecular formula is C11H15NO2. The van der Waals surface area contributed by atoms with Gasteiger partial charge in [-0.25, -0.2) is 0 Å². The molecule has 0 amide bonds. The van der Waals surface area contributed by atoms with E-state index in [2.05, 4.69) is 11.9 Å². The lowest BCUT2D eigenvalue weighted by molar-refractivity contribution is 0.277. The number of aryl methyl sites for hydroxylation is 1. The first-order valence-electron chi connectivity index (χ1n) is 5.03. The molecule has 1 aromatic rings. The van der Waals surface area contributed by atoms with Crippen molar-refractivity contribution in [3.05, 3.63) is 18.0 Å². The van der Waals surface area contributed by atoms with E-state index in [-0.39, 0.29) is 0 Å². The number of nitrogens with zero attached hydrogens (tertiary/aromatic N) is 1. The molecule has 2 rings (SSSR count). The van der Waals surface area contributed by atoms with Gasteiger partial charge in [-0.1, -0.05) is 6.92 Å². The minimum Gasteiger partial charge on any atom is -0.493 e. The van der Waals surface area contributed by atoms with E-state index in [4.69, 9.17) is 9.47 Å². The summed E-state index contributed by atoms with van der Waals surface area (Å²) in [7, 11) is 1.66. The zero-order valence-electron chi connectivity index (χ0n) is 8.62. The average molecular weight is 193 g/mol. The molecule has 1 aromatic heterocycles. The first-order chi connectivity index (χ1) is 6.85. The van der Waals surface area contributed by atoms with Gasteiger partial charge in [0.2, 0.25) is 0 Å². The Bertz CT molecular complexity index is 299. The molecule has 0 atom stereocenters. The Balaban J connectivity index is 2.29. The number of hydrogen-bond donors (Lipinski definition) is 0. The maximum Gasteiger partial charge on any atom is 0.183 e. The highest BCUT2D eigenvalue weighted by molar-refractivity contribution is 5.43. The summed E-state index contributed by atoms with van der Waals surface area (Å²) in [5, 5.41) is 0. The van der Waals surface area contributed by atoms with Crippen LogP contribution in [0, 0.1) is 0 Å². The van der Waals surface area contributed by atoms with Crippen molar-refractivity contribution in [3.63, 3.8) is 0 Å². The lowest BCUT2D eigenvalue weighted by atomic mass is 10.2. The van der Waals surface area contributed by atoms with Gasteiger partial charge in [-0.3, -0.25) is 4.98 Å². The quantitative estimate of drug-likeness (QED) is 0.734. The van der Waals surface area contributed by atoms with Crippen molar-refractivity contribution in [2.75, 3.05) is 7.11 Å². The van der Waals surface area contributed by atoms with Crippen LogP contribution >= 0.6 is 0 Å². The van der Waals surface area contributed by atoms with E-state index in [0.717, 1.165) is 36.5 Å². The molecule has 0 bridgehead atoms. The summed E-state index contributed by atoms with van der Waals surface area (Å²) in [6.07, 6.45) is 5.33. The predicted octanol–water partition coefficient (Wildman–Crippen LogP) is 2.19. The highest BCUT2D eigenvalue weighted by Gasteiger charge is 2.26. The van der Waals surface area contributed by atoms with Crippen molar-refractivity contribution in [1.82, 2.24) is 4.98 Å². The molecule has 0 saturated heterocycles. The van der Waals surface area contributed by atoms with Gasteiger partial charge in [0, 0.05) is 12.3 Å². The fraction of sp³-hybridized carbons (Fsp3) is 0.545. The summed E-state index contributed by atoms with van der Waals surface area (Å²) in [6.45, 7) is 2.07. The maximum absolute atomic E-state index is 5.78. The molecule has 3 heteroatoms. The molecule has 14 heavy (non-hydrogen) atoms. The van der Waals surface area contributed by atoms with Gasteiger partial charge in [0.05, 0.1) is 18.9 Å². The summed E-state index contributed by atoms with van der Waals surface area (Å²) in [5.74, 6) is 1.63. The number of methoxy groups -OCH3 is 1. The van der Waals surface area contributed by atoms with Crippen LogP contribution in [0.3, 0.4) is 0 Å². The van der Waals surface area contributed by atoms with Crippen molar-refractivity contribution in [1.29, 1.82) is 0 Å². The third-order valence-electron chi connectivity index (χ3n) is 2.31. The zero-order valence-corrected chi connectivity index (χ0v) is 8.62. The van der Waals surface area contributed by atoms with Crippen LogP contribution in [0.5, 0.6) is 11.5 Å². The van der Waals surface area contributed by atoms with Gasteiger partial charge >= 0.3 is 0 Å². The zero-order chi connectivity index (χ0) is 9.97. The number of rotatable bonds is 4. The van der Waals surface area contributed by atoms with Crippen LogP contribution in [-0.4, -0.2) is 18.2 Å². The minimum absolute atomic E-state index is 0.387. The monoisotopic (exact) mass is 193 g/mol. The van der Waals surface area contributed by atoms with Gasteiger partial charge in [0.25, 0.3) is 0 Å². The molecule has 0 aliphatic heterocycles. The third kappa shape index (κ3) is 1.81. The first-order valence-corrected chi connectivity index (χ1v) is 5.03. The lowest BCUT2D eigenvalue weighted by Crippen LogP contribution is -2.03. The van der Waals surface area contributed by atoms with E-state index in [0.29, 0.717) is 6.10 Å². The van der Waals surface area contributed by atoms with Crippen LogP contribution < -0.4 is 9.47 Å². The molecule has 0 N–H and O–H groups in total. The highest BCUT2D eigenvalue weighted by atomic mass is 16.5. The summed E-state index contributed by atoms with van der Waals surface area (Å²) in [5.41, 5.74) is 0.983. The minimum atomic E-state index is 0.387. The summed E-state index contributed by atoms with van der Waals surface area (Å²) in [6, 6.07) is 1.84. The van der Waals surface area contributed by atoms with E-state index in [1.165, 1.54) is 0 Å². The Morgan fingerprint density at radius 2 is 2.29 bits per heavy atom. The molecule has 76 valence electrons. The van der Waals surface area contributed by atoms with Crippen LogP contribution in [0.2, 0.25) is 0 Å². The SMILES string of the molecule is CCc1nccc(OC)c1OC1CC1. The van der Waals surface area contributed by atoms with Gasteiger partial charge < -0.3 is 9.47 Å². The number of pyridine rings is 1. The van der Waals surface area contributed by atoms with Crippen LogP contribution in [-0.2, 0) is 6.42 Å². The number of hydrogen-bond acceptors (Lipinski definition) is 3. The first kappa shape index (κ1) is 9.31. The summed E-state index contributed by atoms with van der Waals surface area (Å²) >= 11 is 0. The van der Waals surface area contributed by atoms with Crippen LogP contribution in [0.1, 0.15) is 25.5 Å².